The molecule has 0 spiro atoms. The third-order valence-corrected chi connectivity index (χ3v) is 4.87. The summed E-state index contributed by atoms with van der Waals surface area (Å²) in [6.07, 6.45) is 5.56. The maximum atomic E-state index is 4.91. The number of piperazine rings is 1. The zero-order chi connectivity index (χ0) is 19.2. The number of benzene rings is 1. The van der Waals surface area contributed by atoms with Crippen LogP contribution in [0.25, 0.3) is 5.69 Å². The molecule has 1 aliphatic heterocycles. The molecule has 1 aliphatic rings. The number of aliphatic imine (C=N–C) groups is 1. The Balaban J connectivity index is 0.00000240. The molecule has 0 bridgehead atoms. The highest BCUT2D eigenvalue weighted by Gasteiger charge is 2.20. The molecule has 3 heterocycles. The summed E-state index contributed by atoms with van der Waals surface area (Å²) >= 11 is 0. The Labute approximate surface area is 187 Å². The van der Waals surface area contributed by atoms with Crippen LogP contribution in [0.5, 0.6) is 0 Å². The molecule has 1 N–H and O–H groups in total. The molecule has 0 atom stereocenters. The lowest BCUT2D eigenvalue weighted by Gasteiger charge is -2.36. The monoisotopic (exact) mass is 507 g/mol. The van der Waals surface area contributed by atoms with Crippen molar-refractivity contribution in [3.8, 4) is 5.69 Å². The van der Waals surface area contributed by atoms with Gasteiger partial charge in [-0.2, -0.15) is 5.10 Å². The molecule has 1 saturated heterocycles. The van der Waals surface area contributed by atoms with Gasteiger partial charge in [0.05, 0.1) is 17.6 Å². The van der Waals surface area contributed by atoms with E-state index in [0.29, 0.717) is 6.54 Å². The molecule has 8 nitrogen and oxygen atoms in total. The number of aromatic nitrogens is 3. The van der Waals surface area contributed by atoms with Gasteiger partial charge in [-0.05, 0) is 12.1 Å². The third-order valence-electron chi connectivity index (χ3n) is 4.87. The Kier molecular flexibility index (Phi) is 7.64. The minimum Gasteiger partial charge on any atom is -0.364 e. The van der Waals surface area contributed by atoms with Crippen LogP contribution in [0.4, 0.5) is 0 Å². The van der Waals surface area contributed by atoms with E-state index in [4.69, 9.17) is 4.52 Å². The second-order valence-electron chi connectivity index (χ2n) is 6.78. The van der Waals surface area contributed by atoms with Gasteiger partial charge in [-0.3, -0.25) is 9.89 Å². The summed E-state index contributed by atoms with van der Waals surface area (Å²) in [7, 11) is 1.83. The largest absolute Gasteiger partial charge is 0.364 e. The minimum atomic E-state index is 0. The summed E-state index contributed by atoms with van der Waals surface area (Å²) in [6, 6.07) is 12.0. The van der Waals surface area contributed by atoms with E-state index >= 15 is 0 Å². The minimum absolute atomic E-state index is 0. The van der Waals surface area contributed by atoms with Crippen molar-refractivity contribution in [1.29, 1.82) is 0 Å². The molecule has 0 aliphatic carbocycles. The lowest BCUT2D eigenvalue weighted by atomic mass is 10.3. The van der Waals surface area contributed by atoms with Gasteiger partial charge in [0.15, 0.2) is 5.96 Å². The SMILES string of the molecule is CN=C(NCc1cnn(-c2ccccc2)c1)N1CCN(Cc2ccon2)CC1.I. The Hall–Kier alpha value is -2.40. The number of hydrogen-bond acceptors (Lipinski definition) is 5. The van der Waals surface area contributed by atoms with Gasteiger partial charge in [-0.15, -0.1) is 24.0 Å². The third kappa shape index (κ3) is 5.57. The Bertz CT molecular complexity index is 887. The maximum Gasteiger partial charge on any atom is 0.194 e. The average molecular weight is 507 g/mol. The second-order valence-corrected chi connectivity index (χ2v) is 6.78. The number of hydrogen-bond donors (Lipinski definition) is 1. The average Bonchev–Trinajstić information content (AvgIpc) is 3.42. The summed E-state index contributed by atoms with van der Waals surface area (Å²) in [5, 5.41) is 11.9. The first-order chi connectivity index (χ1) is 13.8. The molecule has 9 heteroatoms. The van der Waals surface area contributed by atoms with Crippen molar-refractivity contribution < 1.29 is 4.52 Å². The summed E-state index contributed by atoms with van der Waals surface area (Å²) in [5.41, 5.74) is 3.16. The summed E-state index contributed by atoms with van der Waals surface area (Å²) in [6.45, 7) is 5.33. The van der Waals surface area contributed by atoms with Gasteiger partial charge in [-0.1, -0.05) is 23.4 Å². The van der Waals surface area contributed by atoms with Crippen molar-refractivity contribution in [3.63, 3.8) is 0 Å². The van der Waals surface area contributed by atoms with Crippen molar-refractivity contribution in [2.75, 3.05) is 33.2 Å². The Morgan fingerprint density at radius 3 is 2.62 bits per heavy atom. The zero-order valence-corrected chi connectivity index (χ0v) is 18.8. The Morgan fingerprint density at radius 2 is 1.93 bits per heavy atom. The van der Waals surface area contributed by atoms with E-state index in [1.54, 1.807) is 6.26 Å². The zero-order valence-electron chi connectivity index (χ0n) is 16.4. The normalized spacial score (nSPS) is 15.2. The van der Waals surface area contributed by atoms with Crippen molar-refractivity contribution in [3.05, 3.63) is 66.3 Å². The molecular weight excluding hydrogens is 481 g/mol. The van der Waals surface area contributed by atoms with Gasteiger partial charge in [-0.25, -0.2) is 4.68 Å². The van der Waals surface area contributed by atoms with Crippen LogP contribution in [-0.2, 0) is 13.1 Å². The molecule has 0 amide bonds. The van der Waals surface area contributed by atoms with Gasteiger partial charge in [0.1, 0.15) is 6.26 Å². The van der Waals surface area contributed by atoms with Crippen LogP contribution in [-0.4, -0.2) is 63.9 Å². The van der Waals surface area contributed by atoms with Crippen molar-refractivity contribution in [2.45, 2.75) is 13.1 Å². The molecule has 29 heavy (non-hydrogen) atoms. The molecule has 4 rings (SSSR count). The molecular formula is C20H26IN7O. The van der Waals surface area contributed by atoms with Crippen LogP contribution in [0.3, 0.4) is 0 Å². The van der Waals surface area contributed by atoms with E-state index in [-0.39, 0.29) is 24.0 Å². The van der Waals surface area contributed by atoms with Gasteiger partial charge >= 0.3 is 0 Å². The maximum absolute atomic E-state index is 4.91. The predicted molar refractivity (Wildman–Crippen MR) is 123 cm³/mol. The summed E-state index contributed by atoms with van der Waals surface area (Å²) in [4.78, 5) is 9.12. The van der Waals surface area contributed by atoms with Crippen LogP contribution >= 0.6 is 24.0 Å². The number of rotatable bonds is 5. The van der Waals surface area contributed by atoms with Gasteiger partial charge in [0, 0.05) is 64.1 Å². The van der Waals surface area contributed by atoms with Crippen molar-refractivity contribution in [1.82, 2.24) is 30.1 Å². The lowest BCUT2D eigenvalue weighted by molar-refractivity contribution is 0.169. The summed E-state index contributed by atoms with van der Waals surface area (Å²) in [5.74, 6) is 0.925. The number of guanidine groups is 1. The molecule has 1 fully saturated rings. The van der Waals surface area contributed by atoms with Gasteiger partial charge in [0.25, 0.3) is 0 Å². The quantitative estimate of drug-likeness (QED) is 0.325. The Morgan fingerprint density at radius 1 is 1.14 bits per heavy atom. The van der Waals surface area contributed by atoms with Crippen molar-refractivity contribution >= 4 is 29.9 Å². The molecule has 3 aromatic rings. The van der Waals surface area contributed by atoms with Crippen LogP contribution in [0.1, 0.15) is 11.3 Å². The predicted octanol–water partition coefficient (Wildman–Crippen LogP) is 2.37. The first kappa shape index (κ1) is 21.3. The number of para-hydroxylation sites is 1. The van der Waals surface area contributed by atoms with Crippen LogP contribution < -0.4 is 5.32 Å². The van der Waals surface area contributed by atoms with E-state index in [0.717, 1.165) is 55.6 Å². The first-order valence-corrected chi connectivity index (χ1v) is 9.48. The van der Waals surface area contributed by atoms with Crippen LogP contribution in [0.15, 0.2) is 64.6 Å². The first-order valence-electron chi connectivity index (χ1n) is 9.48. The topological polar surface area (TPSA) is 74.7 Å². The highest BCUT2D eigenvalue weighted by Crippen LogP contribution is 2.09. The van der Waals surface area contributed by atoms with E-state index < -0.39 is 0 Å². The molecule has 154 valence electrons. The summed E-state index contributed by atoms with van der Waals surface area (Å²) < 4.78 is 6.80. The van der Waals surface area contributed by atoms with E-state index in [2.05, 4.69) is 30.4 Å². The molecule has 0 radical (unpaired) electrons. The highest BCUT2D eigenvalue weighted by atomic mass is 127. The number of nitrogens with one attached hydrogen (secondary N) is 1. The lowest BCUT2D eigenvalue weighted by Crippen LogP contribution is -2.52. The van der Waals surface area contributed by atoms with Gasteiger partial charge < -0.3 is 14.7 Å². The van der Waals surface area contributed by atoms with Crippen LogP contribution in [0.2, 0.25) is 0 Å². The fraction of sp³-hybridized carbons (Fsp3) is 0.350. The van der Waals surface area contributed by atoms with Crippen molar-refractivity contribution in [2.24, 2.45) is 4.99 Å². The van der Waals surface area contributed by atoms with E-state index in [1.165, 1.54) is 0 Å². The molecule has 2 aromatic heterocycles. The fourth-order valence-electron chi connectivity index (χ4n) is 3.35. The highest BCUT2D eigenvalue weighted by molar-refractivity contribution is 14.0. The van der Waals surface area contributed by atoms with E-state index in [1.807, 2.05) is 60.5 Å². The molecule has 1 aromatic carbocycles. The molecule has 0 saturated carbocycles. The van der Waals surface area contributed by atoms with Crippen LogP contribution in [0, 0.1) is 0 Å². The smallest absolute Gasteiger partial charge is 0.194 e. The molecule has 0 unspecified atom stereocenters. The number of nitrogens with zero attached hydrogens (tertiary/aromatic N) is 6. The second kappa shape index (κ2) is 10.4. The van der Waals surface area contributed by atoms with E-state index in [9.17, 15) is 0 Å². The van der Waals surface area contributed by atoms with Gasteiger partial charge in [0.2, 0.25) is 0 Å². The standard InChI is InChI=1S/C20H25N7O.HI/c1-21-20(26-10-8-25(9-11-26)16-18-7-12-28-24-18)22-13-17-14-23-27(15-17)19-5-3-2-4-6-19;/h2-7,12,14-15H,8-11,13,16H2,1H3,(H,21,22);1H. The fourth-order valence-corrected chi connectivity index (χ4v) is 3.35. The number of halogens is 1.